The number of nitrogens with zero attached hydrogens (tertiary/aromatic N) is 3. The van der Waals surface area contributed by atoms with E-state index in [0.29, 0.717) is 32.4 Å². The smallest absolute Gasteiger partial charge is 0.264 e. The first kappa shape index (κ1) is 16.5. The van der Waals surface area contributed by atoms with Gasteiger partial charge in [0.15, 0.2) is 0 Å². The summed E-state index contributed by atoms with van der Waals surface area (Å²) in [6, 6.07) is 4.63. The molecule has 10 heteroatoms. The predicted octanol–water partition coefficient (Wildman–Crippen LogP) is 3.83. The number of thiophene rings is 1. The highest BCUT2D eigenvalue weighted by molar-refractivity contribution is 7.93. The van der Waals surface area contributed by atoms with Crippen LogP contribution in [0.4, 0.5) is 5.82 Å². The van der Waals surface area contributed by atoms with Gasteiger partial charge in [0.05, 0.1) is 9.90 Å². The van der Waals surface area contributed by atoms with Crippen LogP contribution < -0.4 is 4.72 Å². The number of halogens is 1. The van der Waals surface area contributed by atoms with E-state index in [1.54, 1.807) is 19.1 Å². The van der Waals surface area contributed by atoms with Crippen LogP contribution >= 0.6 is 22.9 Å². The van der Waals surface area contributed by atoms with Crippen molar-refractivity contribution in [3.63, 3.8) is 0 Å². The standard InChI is InChI=1S/C15H13ClN4O3S2/c1-8-12(25(21,22)20-13-5-4-10(16)7-17-13)6-11(24-8)14-18-15(23-19-14)9-2-3-9/h4-7,9H,2-3H2,1H3,(H,17,20). The number of pyridine rings is 1. The molecule has 0 aromatic carbocycles. The van der Waals surface area contributed by atoms with Gasteiger partial charge < -0.3 is 4.52 Å². The fourth-order valence-corrected chi connectivity index (χ4v) is 4.94. The Morgan fingerprint density at radius 1 is 1.36 bits per heavy atom. The largest absolute Gasteiger partial charge is 0.339 e. The molecule has 0 saturated heterocycles. The van der Waals surface area contributed by atoms with Gasteiger partial charge in [-0.15, -0.1) is 11.3 Å². The van der Waals surface area contributed by atoms with Crippen molar-refractivity contribution in [1.82, 2.24) is 15.1 Å². The lowest BCUT2D eigenvalue weighted by molar-refractivity contribution is 0.380. The monoisotopic (exact) mass is 396 g/mol. The highest BCUT2D eigenvalue weighted by Crippen LogP contribution is 2.40. The molecule has 3 aromatic heterocycles. The Hall–Kier alpha value is -1.97. The summed E-state index contributed by atoms with van der Waals surface area (Å²) in [5, 5.41) is 4.39. The van der Waals surface area contributed by atoms with Crippen LogP contribution in [0.2, 0.25) is 5.02 Å². The molecule has 0 atom stereocenters. The zero-order valence-electron chi connectivity index (χ0n) is 13.1. The van der Waals surface area contributed by atoms with Gasteiger partial charge in [-0.3, -0.25) is 4.72 Å². The maximum atomic E-state index is 12.6. The van der Waals surface area contributed by atoms with Crippen molar-refractivity contribution in [1.29, 1.82) is 0 Å². The summed E-state index contributed by atoms with van der Waals surface area (Å²) in [5.41, 5.74) is 0. The maximum Gasteiger partial charge on any atom is 0.264 e. The van der Waals surface area contributed by atoms with Crippen LogP contribution in [-0.2, 0) is 10.0 Å². The molecule has 1 saturated carbocycles. The van der Waals surface area contributed by atoms with Crippen LogP contribution in [0.3, 0.4) is 0 Å². The van der Waals surface area contributed by atoms with Crippen molar-refractivity contribution in [2.24, 2.45) is 0 Å². The van der Waals surface area contributed by atoms with E-state index in [0.717, 1.165) is 12.8 Å². The van der Waals surface area contributed by atoms with Gasteiger partial charge >= 0.3 is 0 Å². The number of aromatic nitrogens is 3. The Balaban J connectivity index is 1.62. The summed E-state index contributed by atoms with van der Waals surface area (Å²) in [5.74, 6) is 1.59. The molecule has 0 spiro atoms. The van der Waals surface area contributed by atoms with Crippen LogP contribution in [-0.4, -0.2) is 23.5 Å². The SMILES string of the molecule is Cc1sc(-c2noc(C3CC3)n2)cc1S(=O)(=O)Nc1ccc(Cl)cn1. The van der Waals surface area contributed by atoms with Gasteiger partial charge in [0, 0.05) is 17.0 Å². The van der Waals surface area contributed by atoms with E-state index < -0.39 is 10.0 Å². The first-order chi connectivity index (χ1) is 11.9. The van der Waals surface area contributed by atoms with Gasteiger partial charge in [-0.2, -0.15) is 4.98 Å². The summed E-state index contributed by atoms with van der Waals surface area (Å²) in [4.78, 5) is 9.77. The number of rotatable bonds is 5. The number of anilines is 1. The molecule has 3 aromatic rings. The van der Waals surface area contributed by atoms with Gasteiger partial charge in [0.1, 0.15) is 10.7 Å². The molecule has 0 amide bonds. The van der Waals surface area contributed by atoms with E-state index in [-0.39, 0.29) is 10.7 Å². The Labute approximate surface area is 153 Å². The number of nitrogens with one attached hydrogen (secondary N) is 1. The minimum Gasteiger partial charge on any atom is -0.339 e. The third kappa shape index (κ3) is 3.39. The second kappa shape index (κ2) is 6.08. The third-order valence-corrected chi connectivity index (χ3v) is 6.60. The lowest BCUT2D eigenvalue weighted by Crippen LogP contribution is -2.13. The van der Waals surface area contributed by atoms with Crippen LogP contribution in [0, 0.1) is 6.92 Å². The number of hydrogen-bond donors (Lipinski definition) is 1. The van der Waals surface area contributed by atoms with Crippen LogP contribution in [0.15, 0.2) is 33.8 Å². The van der Waals surface area contributed by atoms with Crippen molar-refractivity contribution in [2.75, 3.05) is 4.72 Å². The molecule has 25 heavy (non-hydrogen) atoms. The van der Waals surface area contributed by atoms with Crippen LogP contribution in [0.5, 0.6) is 0 Å². The zero-order chi connectivity index (χ0) is 17.6. The first-order valence-electron chi connectivity index (χ1n) is 7.51. The lowest BCUT2D eigenvalue weighted by Gasteiger charge is -2.06. The third-order valence-electron chi connectivity index (χ3n) is 3.72. The first-order valence-corrected chi connectivity index (χ1v) is 10.2. The van der Waals surface area contributed by atoms with Gasteiger partial charge in [0.25, 0.3) is 10.0 Å². The molecule has 4 rings (SSSR count). The van der Waals surface area contributed by atoms with E-state index in [1.807, 2.05) is 0 Å². The molecular formula is C15H13ClN4O3S2. The van der Waals surface area contributed by atoms with Crippen molar-refractivity contribution in [2.45, 2.75) is 30.6 Å². The summed E-state index contributed by atoms with van der Waals surface area (Å²) in [6.45, 7) is 1.74. The quantitative estimate of drug-likeness (QED) is 0.703. The predicted molar refractivity (Wildman–Crippen MR) is 94.4 cm³/mol. The summed E-state index contributed by atoms with van der Waals surface area (Å²) in [6.07, 6.45) is 3.50. The van der Waals surface area contributed by atoms with Gasteiger partial charge in [0.2, 0.25) is 11.7 Å². The van der Waals surface area contributed by atoms with E-state index in [4.69, 9.17) is 16.1 Å². The molecule has 1 fully saturated rings. The van der Waals surface area contributed by atoms with Crippen molar-refractivity contribution < 1.29 is 12.9 Å². The minimum absolute atomic E-state index is 0.169. The lowest BCUT2D eigenvalue weighted by atomic mass is 10.4. The second-order valence-electron chi connectivity index (χ2n) is 5.73. The van der Waals surface area contributed by atoms with Crippen LogP contribution in [0.25, 0.3) is 10.7 Å². The number of aryl methyl sites for hydroxylation is 1. The summed E-state index contributed by atoms with van der Waals surface area (Å²) < 4.78 is 33.0. The van der Waals surface area contributed by atoms with Gasteiger partial charge in [-0.25, -0.2) is 13.4 Å². The number of sulfonamides is 1. The molecule has 0 unspecified atom stereocenters. The fourth-order valence-electron chi connectivity index (χ4n) is 2.30. The molecule has 0 aliphatic heterocycles. The van der Waals surface area contributed by atoms with Crippen molar-refractivity contribution in [3.05, 3.63) is 40.2 Å². The van der Waals surface area contributed by atoms with E-state index in [1.165, 1.54) is 23.6 Å². The minimum atomic E-state index is -3.77. The van der Waals surface area contributed by atoms with Gasteiger partial charge in [-0.05, 0) is 38.0 Å². The maximum absolute atomic E-state index is 12.6. The molecular weight excluding hydrogens is 384 g/mol. The molecule has 1 aliphatic rings. The Bertz CT molecular complexity index is 1020. The van der Waals surface area contributed by atoms with E-state index >= 15 is 0 Å². The van der Waals surface area contributed by atoms with E-state index in [2.05, 4.69) is 19.8 Å². The molecule has 7 nitrogen and oxygen atoms in total. The summed E-state index contributed by atoms with van der Waals surface area (Å²) in [7, 11) is -3.77. The highest BCUT2D eigenvalue weighted by atomic mass is 35.5. The van der Waals surface area contributed by atoms with Crippen molar-refractivity contribution in [3.8, 4) is 10.7 Å². The Morgan fingerprint density at radius 3 is 2.84 bits per heavy atom. The molecule has 0 radical (unpaired) electrons. The summed E-state index contributed by atoms with van der Waals surface area (Å²) >= 11 is 7.07. The van der Waals surface area contributed by atoms with Crippen LogP contribution in [0.1, 0.15) is 29.5 Å². The molecule has 0 bridgehead atoms. The Morgan fingerprint density at radius 2 is 2.16 bits per heavy atom. The normalized spacial score (nSPS) is 14.6. The number of hydrogen-bond acceptors (Lipinski definition) is 7. The average molecular weight is 397 g/mol. The van der Waals surface area contributed by atoms with E-state index in [9.17, 15) is 8.42 Å². The average Bonchev–Trinajstić information content (AvgIpc) is 3.15. The second-order valence-corrected chi connectivity index (χ2v) is 9.07. The Kier molecular flexibility index (Phi) is 4.01. The molecule has 1 N–H and O–H groups in total. The molecule has 130 valence electrons. The molecule has 1 aliphatic carbocycles. The topological polar surface area (TPSA) is 98.0 Å². The fraction of sp³-hybridized carbons (Fsp3) is 0.267. The zero-order valence-corrected chi connectivity index (χ0v) is 15.5. The highest BCUT2D eigenvalue weighted by Gasteiger charge is 2.30. The molecule has 3 heterocycles. The van der Waals surface area contributed by atoms with Crippen molar-refractivity contribution >= 4 is 38.8 Å². The van der Waals surface area contributed by atoms with Gasteiger partial charge in [-0.1, -0.05) is 16.8 Å².